The average molecular weight is 331 g/mol. The van der Waals surface area contributed by atoms with Crippen LogP contribution >= 0.6 is 23.4 Å². The van der Waals surface area contributed by atoms with E-state index in [0.29, 0.717) is 23.0 Å². The SMILES string of the molecule is COc1ccc(Cl)cc1NC(=O)NCC1(OC)CCSC1. The number of rotatable bonds is 5. The number of anilines is 1. The van der Waals surface area contributed by atoms with Gasteiger partial charge in [0, 0.05) is 24.4 Å². The number of methoxy groups -OCH3 is 2. The fourth-order valence-corrected chi connectivity index (χ4v) is 3.72. The molecular weight excluding hydrogens is 312 g/mol. The fraction of sp³-hybridized carbons (Fsp3) is 0.500. The monoisotopic (exact) mass is 330 g/mol. The van der Waals surface area contributed by atoms with Crippen molar-refractivity contribution in [2.45, 2.75) is 12.0 Å². The van der Waals surface area contributed by atoms with Gasteiger partial charge in [0.15, 0.2) is 0 Å². The third-order valence-corrected chi connectivity index (χ3v) is 4.94. The lowest BCUT2D eigenvalue weighted by Crippen LogP contribution is -2.45. The topological polar surface area (TPSA) is 59.6 Å². The number of benzene rings is 1. The summed E-state index contributed by atoms with van der Waals surface area (Å²) >= 11 is 7.77. The van der Waals surface area contributed by atoms with Crippen LogP contribution < -0.4 is 15.4 Å². The summed E-state index contributed by atoms with van der Waals surface area (Å²) < 4.78 is 10.7. The highest BCUT2D eigenvalue weighted by molar-refractivity contribution is 7.99. The van der Waals surface area contributed by atoms with Crippen LogP contribution in [-0.2, 0) is 4.74 Å². The molecule has 7 heteroatoms. The number of ether oxygens (including phenoxy) is 2. The van der Waals surface area contributed by atoms with Crippen LogP contribution in [0.15, 0.2) is 18.2 Å². The minimum atomic E-state index is -0.302. The first-order valence-electron chi connectivity index (χ1n) is 6.60. The van der Waals surface area contributed by atoms with Crippen LogP contribution in [0.2, 0.25) is 5.02 Å². The van der Waals surface area contributed by atoms with E-state index in [1.807, 2.05) is 11.8 Å². The molecule has 1 saturated heterocycles. The van der Waals surface area contributed by atoms with Crippen LogP contribution in [0.4, 0.5) is 10.5 Å². The van der Waals surface area contributed by atoms with Gasteiger partial charge in [0.2, 0.25) is 0 Å². The summed E-state index contributed by atoms with van der Waals surface area (Å²) in [7, 11) is 3.23. The summed E-state index contributed by atoms with van der Waals surface area (Å²) in [4.78, 5) is 12.0. The van der Waals surface area contributed by atoms with Crippen molar-refractivity contribution < 1.29 is 14.3 Å². The third kappa shape index (κ3) is 4.18. The molecule has 116 valence electrons. The van der Waals surface area contributed by atoms with Crippen molar-refractivity contribution in [2.75, 3.05) is 37.6 Å². The molecule has 0 saturated carbocycles. The van der Waals surface area contributed by atoms with Crippen LogP contribution in [0, 0.1) is 0 Å². The van der Waals surface area contributed by atoms with Gasteiger partial charge in [-0.05, 0) is 30.4 Å². The molecule has 0 bridgehead atoms. The minimum absolute atomic E-state index is 0.263. The molecule has 0 spiro atoms. The Labute approximate surface area is 133 Å². The van der Waals surface area contributed by atoms with Gasteiger partial charge in [0.05, 0.1) is 18.4 Å². The Morgan fingerprint density at radius 3 is 2.90 bits per heavy atom. The van der Waals surface area contributed by atoms with Crippen LogP contribution in [0.5, 0.6) is 5.75 Å². The zero-order valence-electron chi connectivity index (χ0n) is 12.1. The van der Waals surface area contributed by atoms with Gasteiger partial charge in [-0.15, -0.1) is 0 Å². The van der Waals surface area contributed by atoms with Gasteiger partial charge in [0.1, 0.15) is 5.75 Å². The summed E-state index contributed by atoms with van der Waals surface area (Å²) in [6.07, 6.45) is 0.939. The van der Waals surface area contributed by atoms with Gasteiger partial charge in [-0.3, -0.25) is 0 Å². The second-order valence-electron chi connectivity index (χ2n) is 4.84. The van der Waals surface area contributed by atoms with Crippen molar-refractivity contribution >= 4 is 35.1 Å². The number of urea groups is 1. The largest absolute Gasteiger partial charge is 0.495 e. The van der Waals surface area contributed by atoms with E-state index >= 15 is 0 Å². The normalized spacial score (nSPS) is 21.1. The van der Waals surface area contributed by atoms with Crippen molar-refractivity contribution in [2.24, 2.45) is 0 Å². The molecule has 1 heterocycles. The maximum Gasteiger partial charge on any atom is 0.319 e. The number of halogens is 1. The van der Waals surface area contributed by atoms with Gasteiger partial charge in [-0.2, -0.15) is 11.8 Å². The van der Waals surface area contributed by atoms with Gasteiger partial charge in [0.25, 0.3) is 0 Å². The van der Waals surface area contributed by atoms with Crippen LogP contribution in [0.25, 0.3) is 0 Å². The van der Waals surface area contributed by atoms with Gasteiger partial charge in [-0.25, -0.2) is 4.79 Å². The Bertz CT molecular complexity index is 507. The standard InChI is InChI=1S/C14H19ClN2O3S/c1-19-12-4-3-10(15)7-11(12)17-13(18)16-8-14(20-2)5-6-21-9-14/h3-4,7H,5-6,8-9H2,1-2H3,(H2,16,17,18). The molecule has 2 amide bonds. The molecule has 2 N–H and O–H groups in total. The Morgan fingerprint density at radius 2 is 2.29 bits per heavy atom. The van der Waals surface area contributed by atoms with E-state index in [1.165, 1.54) is 0 Å². The van der Waals surface area contributed by atoms with Crippen molar-refractivity contribution in [3.63, 3.8) is 0 Å². The molecule has 0 aromatic heterocycles. The Hall–Kier alpha value is -1.11. The fourth-order valence-electron chi connectivity index (χ4n) is 2.15. The Balaban J connectivity index is 1.94. The smallest absolute Gasteiger partial charge is 0.319 e. The molecule has 0 aliphatic carbocycles. The van der Waals surface area contributed by atoms with Crippen LogP contribution in [0.1, 0.15) is 6.42 Å². The first-order chi connectivity index (χ1) is 10.1. The molecule has 0 radical (unpaired) electrons. The number of hydrogen-bond acceptors (Lipinski definition) is 4. The second kappa shape index (κ2) is 7.24. The summed E-state index contributed by atoms with van der Waals surface area (Å²) in [5.41, 5.74) is 0.273. The first kappa shape index (κ1) is 16.3. The average Bonchev–Trinajstić information content (AvgIpc) is 2.95. The number of nitrogens with one attached hydrogen (secondary N) is 2. The van der Waals surface area contributed by atoms with Gasteiger partial charge < -0.3 is 20.1 Å². The maximum absolute atomic E-state index is 12.0. The van der Waals surface area contributed by atoms with Crippen molar-refractivity contribution in [3.05, 3.63) is 23.2 Å². The lowest BCUT2D eigenvalue weighted by Gasteiger charge is -2.26. The molecule has 5 nitrogen and oxygen atoms in total. The summed E-state index contributed by atoms with van der Waals surface area (Å²) in [6, 6.07) is 4.77. The van der Waals surface area contributed by atoms with Crippen molar-refractivity contribution in [1.82, 2.24) is 5.32 Å². The zero-order chi connectivity index (χ0) is 15.3. The molecule has 1 atom stereocenters. The number of carbonyl (C=O) groups excluding carboxylic acids is 1. The van der Waals surface area contributed by atoms with E-state index in [9.17, 15) is 4.79 Å². The zero-order valence-corrected chi connectivity index (χ0v) is 13.6. The first-order valence-corrected chi connectivity index (χ1v) is 8.13. The quantitative estimate of drug-likeness (QED) is 0.871. The molecule has 1 aliphatic heterocycles. The molecule has 1 unspecified atom stereocenters. The van der Waals surface area contributed by atoms with E-state index in [4.69, 9.17) is 21.1 Å². The Morgan fingerprint density at radius 1 is 1.48 bits per heavy atom. The van der Waals surface area contributed by atoms with Gasteiger partial charge >= 0.3 is 6.03 Å². The lowest BCUT2D eigenvalue weighted by atomic mass is 10.0. The van der Waals surface area contributed by atoms with Crippen LogP contribution in [0.3, 0.4) is 0 Å². The predicted octanol–water partition coefficient (Wildman–Crippen LogP) is 2.99. The molecular formula is C14H19ClN2O3S. The molecule has 1 aliphatic rings. The summed E-state index contributed by atoms with van der Waals surface area (Å²) in [5.74, 6) is 2.51. The van der Waals surface area contributed by atoms with E-state index in [0.717, 1.165) is 17.9 Å². The molecule has 1 fully saturated rings. The number of thioether (sulfide) groups is 1. The highest BCUT2D eigenvalue weighted by Crippen LogP contribution is 2.30. The maximum atomic E-state index is 12.0. The number of carbonyl (C=O) groups is 1. The van der Waals surface area contributed by atoms with Crippen molar-refractivity contribution in [3.8, 4) is 5.75 Å². The number of amides is 2. The minimum Gasteiger partial charge on any atom is -0.495 e. The van der Waals surface area contributed by atoms with E-state index < -0.39 is 0 Å². The van der Waals surface area contributed by atoms with Gasteiger partial charge in [-0.1, -0.05) is 11.6 Å². The highest BCUT2D eigenvalue weighted by Gasteiger charge is 2.34. The van der Waals surface area contributed by atoms with E-state index in [1.54, 1.807) is 32.4 Å². The summed E-state index contributed by atoms with van der Waals surface area (Å²) in [6.45, 7) is 0.477. The molecule has 1 aromatic rings. The van der Waals surface area contributed by atoms with E-state index in [2.05, 4.69) is 10.6 Å². The highest BCUT2D eigenvalue weighted by atomic mass is 35.5. The second-order valence-corrected chi connectivity index (χ2v) is 6.38. The summed E-state index contributed by atoms with van der Waals surface area (Å²) in [5, 5.41) is 6.13. The third-order valence-electron chi connectivity index (χ3n) is 3.48. The lowest BCUT2D eigenvalue weighted by molar-refractivity contribution is 0.0161. The molecule has 1 aromatic carbocycles. The number of hydrogen-bond donors (Lipinski definition) is 2. The Kier molecular flexibility index (Phi) is 5.61. The van der Waals surface area contributed by atoms with Crippen molar-refractivity contribution in [1.29, 1.82) is 0 Å². The van der Waals surface area contributed by atoms with Crippen LogP contribution in [-0.4, -0.2) is 43.9 Å². The molecule has 21 heavy (non-hydrogen) atoms. The molecule has 2 rings (SSSR count). The van der Waals surface area contributed by atoms with E-state index in [-0.39, 0.29) is 11.6 Å². The predicted molar refractivity (Wildman–Crippen MR) is 86.7 cm³/mol.